The molecule has 176 valence electrons. The van der Waals surface area contributed by atoms with E-state index in [0.717, 1.165) is 35.1 Å². The lowest BCUT2D eigenvalue weighted by Gasteiger charge is -2.24. The fraction of sp³-hybridized carbons (Fsp3) is 0.333. The Bertz CT molecular complexity index is 1240. The van der Waals surface area contributed by atoms with E-state index in [1.807, 2.05) is 38.1 Å². The number of benzene rings is 1. The van der Waals surface area contributed by atoms with Crippen LogP contribution in [0.15, 0.2) is 65.8 Å². The minimum atomic E-state index is -1.03. The second kappa shape index (κ2) is 10.0. The van der Waals surface area contributed by atoms with E-state index in [0.29, 0.717) is 17.9 Å². The van der Waals surface area contributed by atoms with Gasteiger partial charge in [0.05, 0.1) is 12.5 Å². The number of aliphatic carboxylic acids is 1. The lowest BCUT2D eigenvalue weighted by molar-refractivity contribution is -0.138. The van der Waals surface area contributed by atoms with Crippen LogP contribution in [0.5, 0.6) is 0 Å². The third-order valence-electron chi connectivity index (χ3n) is 6.37. The van der Waals surface area contributed by atoms with Crippen LogP contribution in [0.4, 0.5) is 0 Å². The zero-order valence-electron chi connectivity index (χ0n) is 19.4. The van der Waals surface area contributed by atoms with Crippen LogP contribution in [0, 0.1) is 19.8 Å². The molecule has 2 heterocycles. The predicted molar refractivity (Wildman–Crippen MR) is 129 cm³/mol. The number of carbonyl (C=O) groups is 2. The zero-order chi connectivity index (χ0) is 24.2. The fourth-order valence-electron chi connectivity index (χ4n) is 4.46. The van der Waals surface area contributed by atoms with Gasteiger partial charge in [-0.3, -0.25) is 19.4 Å². The van der Waals surface area contributed by atoms with Gasteiger partial charge in [0.15, 0.2) is 0 Å². The van der Waals surface area contributed by atoms with Gasteiger partial charge in [0, 0.05) is 30.2 Å². The molecule has 1 amide bonds. The molecule has 0 bridgehead atoms. The molecule has 1 aromatic carbocycles. The van der Waals surface area contributed by atoms with Crippen molar-refractivity contribution < 1.29 is 14.7 Å². The van der Waals surface area contributed by atoms with Crippen LogP contribution in [0.25, 0.3) is 11.1 Å². The molecule has 3 aromatic rings. The van der Waals surface area contributed by atoms with Crippen LogP contribution in [-0.2, 0) is 9.59 Å². The summed E-state index contributed by atoms with van der Waals surface area (Å²) in [6.07, 6.45) is 7.29. The molecule has 1 fully saturated rings. The summed E-state index contributed by atoms with van der Waals surface area (Å²) in [6.45, 7) is 4.04. The smallest absolute Gasteiger partial charge is 0.305 e. The number of aromatic nitrogens is 2. The number of amides is 1. The van der Waals surface area contributed by atoms with Crippen molar-refractivity contribution in [3.63, 3.8) is 0 Å². The van der Waals surface area contributed by atoms with E-state index in [-0.39, 0.29) is 17.9 Å². The average molecular weight is 460 g/mol. The predicted octanol–water partition coefficient (Wildman–Crippen LogP) is 4.20. The fourth-order valence-corrected chi connectivity index (χ4v) is 4.46. The maximum atomic E-state index is 13.4. The van der Waals surface area contributed by atoms with Crippen LogP contribution in [-0.4, -0.2) is 26.5 Å². The standard InChI is InChI=1S/C27H29N3O4/c1-17-6-5-7-18(2)26(17)21-13-20(15-28-16-21)22(14-25(32)33)29-27(34)23(12-19-9-10-19)30-11-4-3-8-24(30)31/h3-8,11,13,15-16,19,22-23H,9-10,12,14H2,1-2H3,(H,29,34)(H,32,33)/t22?,23-/m0/s1. The summed E-state index contributed by atoms with van der Waals surface area (Å²) in [5, 5.41) is 12.5. The van der Waals surface area contributed by atoms with Crippen molar-refractivity contribution in [2.24, 2.45) is 5.92 Å². The number of aryl methyl sites for hydroxylation is 2. The van der Waals surface area contributed by atoms with E-state index in [2.05, 4.69) is 10.3 Å². The lowest BCUT2D eigenvalue weighted by Crippen LogP contribution is -2.39. The third kappa shape index (κ3) is 5.42. The van der Waals surface area contributed by atoms with Gasteiger partial charge in [0.1, 0.15) is 6.04 Å². The Labute approximate surface area is 198 Å². The highest BCUT2D eigenvalue weighted by molar-refractivity contribution is 5.82. The highest BCUT2D eigenvalue weighted by Crippen LogP contribution is 2.37. The van der Waals surface area contributed by atoms with Gasteiger partial charge >= 0.3 is 5.97 Å². The lowest BCUT2D eigenvalue weighted by atomic mass is 9.94. The Balaban J connectivity index is 1.66. The molecule has 2 atom stereocenters. The SMILES string of the molecule is Cc1cccc(C)c1-c1cncc(C(CC(=O)O)NC(=O)[C@H](CC2CC2)n2ccccc2=O)c1. The van der Waals surface area contributed by atoms with Gasteiger partial charge in [-0.05, 0) is 60.6 Å². The van der Waals surface area contributed by atoms with Gasteiger partial charge in [-0.25, -0.2) is 0 Å². The number of rotatable bonds is 9. The summed E-state index contributed by atoms with van der Waals surface area (Å²) in [7, 11) is 0. The number of hydrogen-bond acceptors (Lipinski definition) is 4. The van der Waals surface area contributed by atoms with Crippen LogP contribution < -0.4 is 10.9 Å². The van der Waals surface area contributed by atoms with Crippen molar-refractivity contribution in [2.45, 2.75) is 51.6 Å². The molecule has 2 N–H and O–H groups in total. The second-order valence-corrected chi connectivity index (χ2v) is 9.07. The van der Waals surface area contributed by atoms with Crippen molar-refractivity contribution in [2.75, 3.05) is 0 Å². The number of pyridine rings is 2. The zero-order valence-corrected chi connectivity index (χ0v) is 19.4. The second-order valence-electron chi connectivity index (χ2n) is 9.07. The Morgan fingerprint density at radius 1 is 1.12 bits per heavy atom. The van der Waals surface area contributed by atoms with Gasteiger partial charge in [0.2, 0.25) is 5.91 Å². The summed E-state index contributed by atoms with van der Waals surface area (Å²) in [6, 6.07) is 11.3. The van der Waals surface area contributed by atoms with Gasteiger partial charge in [-0.1, -0.05) is 37.1 Å². The number of hydrogen-bond donors (Lipinski definition) is 2. The van der Waals surface area contributed by atoms with Gasteiger partial charge < -0.3 is 15.0 Å². The van der Waals surface area contributed by atoms with E-state index in [1.54, 1.807) is 30.7 Å². The first-order chi connectivity index (χ1) is 16.3. The van der Waals surface area contributed by atoms with Crippen molar-refractivity contribution in [1.29, 1.82) is 0 Å². The summed E-state index contributed by atoms with van der Waals surface area (Å²) in [5.41, 5.74) is 4.45. The number of nitrogens with zero attached hydrogens (tertiary/aromatic N) is 2. The first-order valence-electron chi connectivity index (χ1n) is 11.5. The van der Waals surface area contributed by atoms with Crippen molar-refractivity contribution in [3.8, 4) is 11.1 Å². The van der Waals surface area contributed by atoms with Crippen molar-refractivity contribution >= 4 is 11.9 Å². The normalized spacial score (nSPS) is 14.9. The number of carboxylic acid groups (broad SMARTS) is 1. The molecule has 1 aliphatic rings. The molecule has 0 spiro atoms. The first kappa shape index (κ1) is 23.4. The van der Waals surface area contributed by atoms with E-state index in [4.69, 9.17) is 0 Å². The molecule has 1 saturated carbocycles. The van der Waals surface area contributed by atoms with E-state index >= 15 is 0 Å². The molecular weight excluding hydrogens is 430 g/mol. The maximum Gasteiger partial charge on any atom is 0.305 e. The molecule has 7 heteroatoms. The minimum Gasteiger partial charge on any atom is -0.481 e. The molecular formula is C27H29N3O4. The van der Waals surface area contributed by atoms with E-state index in [9.17, 15) is 19.5 Å². The van der Waals surface area contributed by atoms with Gasteiger partial charge in [-0.2, -0.15) is 0 Å². The quantitative estimate of drug-likeness (QED) is 0.499. The summed E-state index contributed by atoms with van der Waals surface area (Å²) in [5.74, 6) is -0.989. The van der Waals surface area contributed by atoms with E-state index < -0.39 is 18.1 Å². The monoisotopic (exact) mass is 459 g/mol. The Morgan fingerprint density at radius 3 is 2.50 bits per heavy atom. The van der Waals surface area contributed by atoms with Crippen LogP contribution in [0.2, 0.25) is 0 Å². The molecule has 2 aromatic heterocycles. The number of nitrogens with one attached hydrogen (secondary N) is 1. The first-order valence-corrected chi connectivity index (χ1v) is 11.5. The minimum absolute atomic E-state index is 0.253. The third-order valence-corrected chi connectivity index (χ3v) is 6.37. The largest absolute Gasteiger partial charge is 0.481 e. The summed E-state index contributed by atoms with van der Waals surface area (Å²) in [4.78, 5) is 41.9. The Morgan fingerprint density at radius 2 is 1.85 bits per heavy atom. The molecule has 34 heavy (non-hydrogen) atoms. The Hall–Kier alpha value is -3.74. The van der Waals surface area contributed by atoms with Crippen LogP contribution in [0.1, 0.15) is 54.5 Å². The maximum absolute atomic E-state index is 13.4. The molecule has 0 aliphatic heterocycles. The topological polar surface area (TPSA) is 101 Å². The van der Waals surface area contributed by atoms with Crippen LogP contribution >= 0.6 is 0 Å². The van der Waals surface area contributed by atoms with Gasteiger partial charge in [-0.15, -0.1) is 0 Å². The molecule has 7 nitrogen and oxygen atoms in total. The molecule has 0 radical (unpaired) electrons. The summed E-state index contributed by atoms with van der Waals surface area (Å²) >= 11 is 0. The van der Waals surface area contributed by atoms with Crippen LogP contribution in [0.3, 0.4) is 0 Å². The van der Waals surface area contributed by atoms with E-state index in [1.165, 1.54) is 10.6 Å². The molecule has 4 rings (SSSR count). The highest BCUT2D eigenvalue weighted by atomic mass is 16.4. The van der Waals surface area contributed by atoms with Gasteiger partial charge in [0.25, 0.3) is 5.56 Å². The Kier molecular flexibility index (Phi) is 6.91. The molecule has 1 aliphatic carbocycles. The molecule has 0 saturated heterocycles. The number of carboxylic acids is 1. The average Bonchev–Trinajstić information content (AvgIpc) is 3.62. The number of carbonyl (C=O) groups excluding carboxylic acids is 1. The highest BCUT2D eigenvalue weighted by Gasteiger charge is 2.32. The summed E-state index contributed by atoms with van der Waals surface area (Å²) < 4.78 is 1.44. The van der Waals surface area contributed by atoms with Crippen molar-refractivity contribution in [3.05, 3.63) is 88.1 Å². The molecule has 1 unspecified atom stereocenters. The van der Waals surface area contributed by atoms with Crippen molar-refractivity contribution in [1.82, 2.24) is 14.9 Å².